The van der Waals surface area contributed by atoms with Crippen LogP contribution in [0.1, 0.15) is 31.6 Å². The molecule has 0 aliphatic carbocycles. The quantitative estimate of drug-likeness (QED) is 0.777. The molecule has 74 valence electrons. The van der Waals surface area contributed by atoms with E-state index in [4.69, 9.17) is 5.73 Å². The molecule has 0 saturated heterocycles. The van der Waals surface area contributed by atoms with E-state index in [1.54, 1.807) is 0 Å². The van der Waals surface area contributed by atoms with Gasteiger partial charge in [0.15, 0.2) is 0 Å². The van der Waals surface area contributed by atoms with E-state index in [1.807, 2.05) is 13.8 Å². The number of halogens is 2. The molecule has 0 saturated carbocycles. The van der Waals surface area contributed by atoms with Crippen LogP contribution in [0.25, 0.3) is 0 Å². The van der Waals surface area contributed by atoms with Crippen LogP contribution in [0.15, 0.2) is 6.20 Å². The molecular weight excluding hydrogens is 178 g/mol. The molecule has 0 radical (unpaired) electrons. The lowest BCUT2D eigenvalue weighted by Gasteiger charge is -2.05. The minimum atomic E-state index is -2.60. The van der Waals surface area contributed by atoms with Gasteiger partial charge in [0.1, 0.15) is 11.7 Å². The zero-order valence-corrected chi connectivity index (χ0v) is 7.48. The second-order valence-corrected chi connectivity index (χ2v) is 3.08. The van der Waals surface area contributed by atoms with E-state index in [0.29, 0.717) is 0 Å². The van der Waals surface area contributed by atoms with Crippen molar-refractivity contribution >= 4 is 0 Å². The maximum Gasteiger partial charge on any atom is 0.259 e. The minimum Gasteiger partial charge on any atom is -0.318 e. The summed E-state index contributed by atoms with van der Waals surface area (Å²) in [6.45, 7) is 3.76. The largest absolute Gasteiger partial charge is 0.318 e. The number of nitrogens with zero attached hydrogens (tertiary/aromatic N) is 3. The normalized spacial score (nSPS) is 14.1. The molecule has 0 amide bonds. The third-order valence-corrected chi connectivity index (χ3v) is 1.67. The summed E-state index contributed by atoms with van der Waals surface area (Å²) in [5.41, 5.74) is 5.31. The zero-order valence-electron chi connectivity index (χ0n) is 7.48. The third kappa shape index (κ3) is 2.21. The highest BCUT2D eigenvalue weighted by Crippen LogP contribution is 2.15. The van der Waals surface area contributed by atoms with Crippen molar-refractivity contribution in [3.05, 3.63) is 11.9 Å². The predicted molar refractivity (Wildman–Crippen MR) is 43.3 cm³/mol. The number of nitrogens with two attached hydrogens (primary N) is 1. The molecule has 1 unspecified atom stereocenters. The Bertz CT molecular complexity index is 271. The summed E-state index contributed by atoms with van der Waals surface area (Å²) in [4.78, 5) is 0. The Kier molecular flexibility index (Phi) is 2.92. The van der Waals surface area contributed by atoms with E-state index in [2.05, 4.69) is 10.3 Å². The Labute approximate surface area is 74.7 Å². The van der Waals surface area contributed by atoms with Crippen molar-refractivity contribution < 1.29 is 8.78 Å². The van der Waals surface area contributed by atoms with Gasteiger partial charge in [-0.05, 0) is 13.8 Å². The van der Waals surface area contributed by atoms with E-state index >= 15 is 0 Å². The first-order valence-corrected chi connectivity index (χ1v) is 3.98. The molecule has 0 spiro atoms. The van der Waals surface area contributed by atoms with Gasteiger partial charge in [-0.2, -0.15) is 0 Å². The molecule has 1 atom stereocenters. The van der Waals surface area contributed by atoms with Gasteiger partial charge in [0.25, 0.3) is 6.43 Å². The van der Waals surface area contributed by atoms with Crippen molar-refractivity contribution in [2.45, 2.75) is 32.4 Å². The molecule has 1 aromatic heterocycles. The summed E-state index contributed by atoms with van der Waals surface area (Å²) in [5.74, 6) is 0. The van der Waals surface area contributed by atoms with Crippen molar-refractivity contribution in [2.24, 2.45) is 5.73 Å². The van der Waals surface area contributed by atoms with Gasteiger partial charge in [-0.1, -0.05) is 5.21 Å². The molecule has 0 aliphatic heterocycles. The number of hydrogen-bond donors (Lipinski definition) is 1. The maximum absolute atomic E-state index is 12.1. The smallest absolute Gasteiger partial charge is 0.259 e. The molecule has 0 bridgehead atoms. The lowest BCUT2D eigenvalue weighted by molar-refractivity contribution is 0.114. The lowest BCUT2D eigenvalue weighted by atomic mass is 10.2. The highest BCUT2D eigenvalue weighted by Gasteiger charge is 2.20. The molecule has 4 nitrogen and oxygen atoms in total. The third-order valence-electron chi connectivity index (χ3n) is 1.67. The Balaban J connectivity index is 2.79. The first-order valence-electron chi connectivity index (χ1n) is 3.98. The van der Waals surface area contributed by atoms with Crippen LogP contribution in [-0.4, -0.2) is 21.4 Å². The summed E-state index contributed by atoms with van der Waals surface area (Å²) in [6, 6.07) is -1.24. The fourth-order valence-corrected chi connectivity index (χ4v) is 0.825. The Morgan fingerprint density at radius 2 is 2.08 bits per heavy atom. The minimum absolute atomic E-state index is 0.103. The average molecular weight is 190 g/mol. The summed E-state index contributed by atoms with van der Waals surface area (Å²) in [6.07, 6.45) is -1.15. The van der Waals surface area contributed by atoms with Gasteiger partial charge in [0.2, 0.25) is 0 Å². The van der Waals surface area contributed by atoms with Crippen LogP contribution in [0.2, 0.25) is 0 Å². The lowest BCUT2D eigenvalue weighted by Crippen LogP contribution is -2.19. The molecule has 0 fully saturated rings. The van der Waals surface area contributed by atoms with Gasteiger partial charge in [0, 0.05) is 6.04 Å². The van der Waals surface area contributed by atoms with E-state index in [-0.39, 0.29) is 11.7 Å². The van der Waals surface area contributed by atoms with Crippen LogP contribution < -0.4 is 5.73 Å². The van der Waals surface area contributed by atoms with E-state index in [9.17, 15) is 8.78 Å². The van der Waals surface area contributed by atoms with Gasteiger partial charge >= 0.3 is 0 Å². The van der Waals surface area contributed by atoms with Crippen LogP contribution in [0, 0.1) is 0 Å². The van der Waals surface area contributed by atoms with Gasteiger partial charge in [-0.15, -0.1) is 5.10 Å². The average Bonchev–Trinajstić information content (AvgIpc) is 2.50. The van der Waals surface area contributed by atoms with Crippen LogP contribution in [0.4, 0.5) is 8.78 Å². The molecule has 6 heteroatoms. The van der Waals surface area contributed by atoms with Crippen molar-refractivity contribution in [1.82, 2.24) is 15.0 Å². The van der Waals surface area contributed by atoms with Crippen LogP contribution in [-0.2, 0) is 0 Å². The SMILES string of the molecule is CC(C)n1cc(C(N)C(F)F)nn1. The van der Waals surface area contributed by atoms with Crippen molar-refractivity contribution in [2.75, 3.05) is 0 Å². The molecular formula is C7H12F2N4. The molecule has 1 aromatic rings. The standard InChI is InChI=1S/C7H12F2N4/c1-4(2)13-3-5(11-12-13)6(10)7(8)9/h3-4,6-7H,10H2,1-2H3. The van der Waals surface area contributed by atoms with Crippen LogP contribution >= 0.6 is 0 Å². The summed E-state index contributed by atoms with van der Waals surface area (Å²) >= 11 is 0. The summed E-state index contributed by atoms with van der Waals surface area (Å²) in [7, 11) is 0. The molecule has 1 rings (SSSR count). The van der Waals surface area contributed by atoms with Gasteiger partial charge in [-0.25, -0.2) is 13.5 Å². The molecule has 2 N–H and O–H groups in total. The molecule has 0 aliphatic rings. The second-order valence-electron chi connectivity index (χ2n) is 3.08. The van der Waals surface area contributed by atoms with E-state index < -0.39 is 12.5 Å². The molecule has 1 heterocycles. The zero-order chi connectivity index (χ0) is 10.0. The number of alkyl halides is 2. The monoisotopic (exact) mass is 190 g/mol. The Morgan fingerprint density at radius 1 is 1.46 bits per heavy atom. The summed E-state index contributed by atoms with van der Waals surface area (Å²) < 4.78 is 25.7. The van der Waals surface area contributed by atoms with Crippen molar-refractivity contribution in [1.29, 1.82) is 0 Å². The van der Waals surface area contributed by atoms with Gasteiger partial charge in [0.05, 0.1) is 6.20 Å². The first-order chi connectivity index (χ1) is 6.02. The highest BCUT2D eigenvalue weighted by molar-refractivity contribution is 5.00. The Hall–Kier alpha value is -1.04. The number of hydrogen-bond acceptors (Lipinski definition) is 3. The topological polar surface area (TPSA) is 56.7 Å². The summed E-state index contributed by atoms with van der Waals surface area (Å²) in [5, 5.41) is 7.24. The highest BCUT2D eigenvalue weighted by atomic mass is 19.3. The fraction of sp³-hybridized carbons (Fsp3) is 0.714. The fourth-order valence-electron chi connectivity index (χ4n) is 0.825. The maximum atomic E-state index is 12.1. The molecule has 13 heavy (non-hydrogen) atoms. The van der Waals surface area contributed by atoms with E-state index in [1.165, 1.54) is 10.9 Å². The predicted octanol–water partition coefficient (Wildman–Crippen LogP) is 1.12. The van der Waals surface area contributed by atoms with Crippen LogP contribution in [0.5, 0.6) is 0 Å². The van der Waals surface area contributed by atoms with E-state index in [0.717, 1.165) is 0 Å². The van der Waals surface area contributed by atoms with Gasteiger partial charge < -0.3 is 5.73 Å². The number of aromatic nitrogens is 3. The number of rotatable bonds is 3. The van der Waals surface area contributed by atoms with Crippen LogP contribution in [0.3, 0.4) is 0 Å². The Morgan fingerprint density at radius 3 is 2.46 bits per heavy atom. The van der Waals surface area contributed by atoms with Crippen molar-refractivity contribution in [3.8, 4) is 0 Å². The van der Waals surface area contributed by atoms with Crippen molar-refractivity contribution in [3.63, 3.8) is 0 Å². The van der Waals surface area contributed by atoms with Gasteiger partial charge in [-0.3, -0.25) is 0 Å². The molecule has 0 aromatic carbocycles. The first kappa shape index (κ1) is 10.0. The second kappa shape index (κ2) is 3.78.